The Hall–Kier alpha value is -1.85. The second-order valence-corrected chi connectivity index (χ2v) is 8.07. The first-order valence-electron chi connectivity index (χ1n) is 9.15. The average Bonchev–Trinajstić information content (AvgIpc) is 2.53. The van der Waals surface area contributed by atoms with Crippen LogP contribution in [0, 0.1) is 5.92 Å². The number of hydrogen-bond acceptors (Lipinski definition) is 3. The highest BCUT2D eigenvalue weighted by Gasteiger charge is 2.46. The van der Waals surface area contributed by atoms with Crippen LogP contribution in [0.4, 0.5) is 0 Å². The largest absolute Gasteiger partial charge is 0.478 e. The van der Waals surface area contributed by atoms with Crippen LogP contribution in [0.5, 0.6) is 0 Å². The Bertz CT molecular complexity index is 633. The Morgan fingerprint density at radius 3 is 1.89 bits per heavy atom. The number of hydrogen-bond donors (Lipinski definition) is 2. The van der Waals surface area contributed by atoms with Crippen LogP contribution in [0.2, 0.25) is 5.02 Å². The van der Waals surface area contributed by atoms with Gasteiger partial charge in [-0.2, -0.15) is 0 Å². The molecule has 1 saturated carbocycles. The van der Waals surface area contributed by atoms with E-state index in [1.807, 2.05) is 12.1 Å². The summed E-state index contributed by atoms with van der Waals surface area (Å²) in [6.45, 7) is 4.65. The Labute approximate surface area is 166 Å². The molecule has 2 rings (SSSR count). The predicted molar refractivity (Wildman–Crippen MR) is 108 cm³/mol. The van der Waals surface area contributed by atoms with Gasteiger partial charge in [0.25, 0.3) is 0 Å². The molecule has 0 heterocycles. The lowest BCUT2D eigenvalue weighted by Gasteiger charge is -2.51. The van der Waals surface area contributed by atoms with E-state index in [4.69, 9.17) is 21.8 Å². The van der Waals surface area contributed by atoms with Gasteiger partial charge in [-0.3, -0.25) is 0 Å². The third-order valence-corrected chi connectivity index (χ3v) is 5.24. The van der Waals surface area contributed by atoms with Crippen molar-refractivity contribution in [2.45, 2.75) is 51.0 Å². The van der Waals surface area contributed by atoms with E-state index in [0.717, 1.165) is 10.9 Å². The van der Waals surface area contributed by atoms with E-state index in [2.05, 4.69) is 45.0 Å². The van der Waals surface area contributed by atoms with E-state index >= 15 is 0 Å². The Kier molecular flexibility index (Phi) is 9.00. The molecule has 0 radical (unpaired) electrons. The fourth-order valence-corrected chi connectivity index (χ4v) is 3.80. The Balaban J connectivity index is 0.000000387. The first-order chi connectivity index (χ1) is 12.6. The van der Waals surface area contributed by atoms with Gasteiger partial charge in [-0.05, 0) is 57.0 Å². The molecule has 150 valence electrons. The molecular weight excluding hydrogens is 366 g/mol. The van der Waals surface area contributed by atoms with Gasteiger partial charge in [-0.25, -0.2) is 9.59 Å². The van der Waals surface area contributed by atoms with Crippen molar-refractivity contribution < 1.29 is 19.8 Å². The Morgan fingerprint density at radius 1 is 1.11 bits per heavy atom. The SMILES string of the molecule is CC(C)CC(N(C)C)C1(c2ccc(Cl)cc2)CCC1.O=C(O)/C=C/C(=O)O. The number of rotatable bonds is 7. The minimum atomic E-state index is -1.26. The van der Waals surface area contributed by atoms with Gasteiger partial charge in [0.15, 0.2) is 0 Å². The molecule has 0 aliphatic heterocycles. The number of aliphatic carboxylic acids is 2. The second kappa shape index (κ2) is 10.5. The monoisotopic (exact) mass is 395 g/mol. The maximum atomic E-state index is 9.55. The van der Waals surface area contributed by atoms with Gasteiger partial charge in [0.05, 0.1) is 0 Å². The lowest BCUT2D eigenvalue weighted by atomic mass is 9.58. The van der Waals surface area contributed by atoms with Gasteiger partial charge >= 0.3 is 11.9 Å². The van der Waals surface area contributed by atoms with Crippen LogP contribution in [-0.4, -0.2) is 47.2 Å². The fraction of sp³-hybridized carbons (Fsp3) is 0.524. The summed E-state index contributed by atoms with van der Waals surface area (Å²) < 4.78 is 0. The maximum absolute atomic E-state index is 9.55. The number of carbonyl (C=O) groups is 2. The third kappa shape index (κ3) is 7.00. The molecule has 2 N–H and O–H groups in total. The zero-order chi connectivity index (χ0) is 20.6. The van der Waals surface area contributed by atoms with E-state index in [-0.39, 0.29) is 0 Å². The van der Waals surface area contributed by atoms with Crippen molar-refractivity contribution in [3.8, 4) is 0 Å². The number of benzene rings is 1. The van der Waals surface area contributed by atoms with Crippen molar-refractivity contribution >= 4 is 23.5 Å². The number of carboxylic acid groups (broad SMARTS) is 2. The lowest BCUT2D eigenvalue weighted by molar-refractivity contribution is -0.134. The van der Waals surface area contributed by atoms with E-state index in [1.165, 1.54) is 31.2 Å². The molecule has 6 heteroatoms. The van der Waals surface area contributed by atoms with Crippen molar-refractivity contribution in [2.75, 3.05) is 14.1 Å². The average molecular weight is 396 g/mol. The number of carboxylic acids is 2. The van der Waals surface area contributed by atoms with Crippen molar-refractivity contribution in [3.05, 3.63) is 47.0 Å². The van der Waals surface area contributed by atoms with E-state index < -0.39 is 11.9 Å². The molecule has 1 atom stereocenters. The molecule has 1 aliphatic rings. The quantitative estimate of drug-likeness (QED) is 0.667. The van der Waals surface area contributed by atoms with Crippen molar-refractivity contribution in [3.63, 3.8) is 0 Å². The summed E-state index contributed by atoms with van der Waals surface area (Å²) in [4.78, 5) is 21.5. The molecule has 1 aromatic rings. The molecular formula is C21H30ClNO4. The predicted octanol–water partition coefficient (Wildman–Crippen LogP) is 4.45. The molecule has 0 spiro atoms. The normalized spacial score (nSPS) is 16.6. The first-order valence-corrected chi connectivity index (χ1v) is 9.52. The number of nitrogens with zero attached hydrogens (tertiary/aromatic N) is 1. The topological polar surface area (TPSA) is 77.8 Å². The summed E-state index contributed by atoms with van der Waals surface area (Å²) in [6.07, 6.45) is 6.35. The molecule has 0 bridgehead atoms. The smallest absolute Gasteiger partial charge is 0.328 e. The summed E-state index contributed by atoms with van der Waals surface area (Å²) >= 11 is 6.04. The summed E-state index contributed by atoms with van der Waals surface area (Å²) in [5, 5.41) is 16.5. The molecule has 0 aromatic heterocycles. The van der Waals surface area contributed by atoms with Crippen LogP contribution in [0.3, 0.4) is 0 Å². The maximum Gasteiger partial charge on any atom is 0.328 e. The molecule has 1 unspecified atom stereocenters. The zero-order valence-electron chi connectivity index (χ0n) is 16.5. The van der Waals surface area contributed by atoms with Crippen molar-refractivity contribution in [2.24, 2.45) is 5.92 Å². The molecule has 5 nitrogen and oxygen atoms in total. The fourth-order valence-electron chi connectivity index (χ4n) is 3.67. The summed E-state index contributed by atoms with van der Waals surface area (Å²) in [5.74, 6) is -1.78. The van der Waals surface area contributed by atoms with E-state index in [9.17, 15) is 9.59 Å². The molecule has 1 fully saturated rings. The molecule has 1 aliphatic carbocycles. The molecule has 1 aromatic carbocycles. The molecule has 0 saturated heterocycles. The standard InChI is InChI=1S/C17H26ClN.C4H4O4/c1-13(2)12-16(19(3)4)17(10-5-11-17)14-6-8-15(18)9-7-14;5-3(6)1-2-4(7)8/h6-9,13,16H,5,10-12H2,1-4H3;1-2H,(H,5,6)(H,7,8)/b;2-1+. The van der Waals surface area contributed by atoms with Gasteiger partial charge in [0, 0.05) is 28.6 Å². The van der Waals surface area contributed by atoms with Crippen LogP contribution in [-0.2, 0) is 15.0 Å². The van der Waals surface area contributed by atoms with E-state index in [0.29, 0.717) is 23.6 Å². The first kappa shape index (κ1) is 23.2. The van der Waals surface area contributed by atoms with Gasteiger partial charge in [0.2, 0.25) is 0 Å². The zero-order valence-corrected chi connectivity index (χ0v) is 17.2. The Morgan fingerprint density at radius 2 is 1.59 bits per heavy atom. The highest BCUT2D eigenvalue weighted by atomic mass is 35.5. The number of halogens is 1. The minimum Gasteiger partial charge on any atom is -0.478 e. The lowest BCUT2D eigenvalue weighted by Crippen LogP contribution is -2.52. The van der Waals surface area contributed by atoms with Crippen LogP contribution < -0.4 is 0 Å². The van der Waals surface area contributed by atoms with Gasteiger partial charge < -0.3 is 15.1 Å². The highest BCUT2D eigenvalue weighted by Crippen LogP contribution is 2.49. The third-order valence-electron chi connectivity index (χ3n) is 4.99. The summed E-state index contributed by atoms with van der Waals surface area (Å²) in [5.41, 5.74) is 1.82. The van der Waals surface area contributed by atoms with Gasteiger partial charge in [-0.1, -0.05) is 44.0 Å². The van der Waals surface area contributed by atoms with Crippen LogP contribution >= 0.6 is 11.6 Å². The van der Waals surface area contributed by atoms with Crippen LogP contribution in [0.15, 0.2) is 36.4 Å². The second-order valence-electron chi connectivity index (χ2n) is 7.64. The minimum absolute atomic E-state index is 0.346. The van der Waals surface area contributed by atoms with Crippen LogP contribution in [0.25, 0.3) is 0 Å². The van der Waals surface area contributed by atoms with Crippen molar-refractivity contribution in [1.82, 2.24) is 4.90 Å². The summed E-state index contributed by atoms with van der Waals surface area (Å²) in [7, 11) is 4.45. The number of likely N-dealkylation sites (N-methyl/N-ethyl adjacent to an activating group) is 1. The molecule has 0 amide bonds. The van der Waals surface area contributed by atoms with Crippen LogP contribution in [0.1, 0.15) is 45.1 Å². The van der Waals surface area contributed by atoms with Gasteiger partial charge in [-0.15, -0.1) is 0 Å². The van der Waals surface area contributed by atoms with Gasteiger partial charge in [0.1, 0.15) is 0 Å². The molecule has 27 heavy (non-hydrogen) atoms. The van der Waals surface area contributed by atoms with E-state index in [1.54, 1.807) is 0 Å². The van der Waals surface area contributed by atoms with Crippen molar-refractivity contribution in [1.29, 1.82) is 0 Å². The highest BCUT2D eigenvalue weighted by molar-refractivity contribution is 6.30. The summed E-state index contributed by atoms with van der Waals surface area (Å²) in [6, 6.07) is 9.18.